The third-order valence-corrected chi connectivity index (χ3v) is 3.29. The van der Waals surface area contributed by atoms with Crippen LogP contribution in [0.15, 0.2) is 0 Å². The van der Waals surface area contributed by atoms with Gasteiger partial charge in [-0.25, -0.2) is 0 Å². The van der Waals surface area contributed by atoms with Gasteiger partial charge in [-0.1, -0.05) is 19.3 Å². The molecule has 4 heteroatoms. The standard InChI is InChI=1S/C13H22N2O2/c1-3-17-13(16)10(2)15-12-8-6-4-5-7-11(12)9-14/h10-12,15H,3-8H2,1-2H3. The maximum atomic E-state index is 11.5. The Balaban J connectivity index is 2.52. The molecule has 0 aromatic heterocycles. The zero-order chi connectivity index (χ0) is 12.7. The summed E-state index contributed by atoms with van der Waals surface area (Å²) in [7, 11) is 0. The van der Waals surface area contributed by atoms with E-state index in [1.54, 1.807) is 13.8 Å². The van der Waals surface area contributed by atoms with Crippen LogP contribution in [0, 0.1) is 17.2 Å². The topological polar surface area (TPSA) is 62.1 Å². The Kier molecular flexibility index (Phi) is 5.99. The Labute approximate surface area is 103 Å². The van der Waals surface area contributed by atoms with Crippen molar-refractivity contribution in [2.75, 3.05) is 6.61 Å². The van der Waals surface area contributed by atoms with Crippen LogP contribution in [-0.2, 0) is 9.53 Å². The third kappa shape index (κ3) is 4.35. The van der Waals surface area contributed by atoms with Crippen LogP contribution in [0.4, 0.5) is 0 Å². The van der Waals surface area contributed by atoms with Gasteiger partial charge in [-0.15, -0.1) is 0 Å². The zero-order valence-electron chi connectivity index (χ0n) is 10.7. The van der Waals surface area contributed by atoms with Crippen molar-refractivity contribution in [3.05, 3.63) is 0 Å². The fraction of sp³-hybridized carbons (Fsp3) is 0.846. The summed E-state index contributed by atoms with van der Waals surface area (Å²) < 4.78 is 4.96. The second-order valence-electron chi connectivity index (χ2n) is 4.62. The van der Waals surface area contributed by atoms with Crippen molar-refractivity contribution in [1.29, 1.82) is 5.26 Å². The summed E-state index contributed by atoms with van der Waals surface area (Å²) in [5.74, 6) is -0.206. The van der Waals surface area contributed by atoms with Crippen LogP contribution in [0.5, 0.6) is 0 Å². The molecule has 0 spiro atoms. The second kappa shape index (κ2) is 7.29. The van der Waals surface area contributed by atoms with E-state index >= 15 is 0 Å². The number of ether oxygens (including phenoxy) is 1. The van der Waals surface area contributed by atoms with E-state index in [4.69, 9.17) is 10.00 Å². The summed E-state index contributed by atoms with van der Waals surface area (Å²) in [6, 6.07) is 2.16. The SMILES string of the molecule is CCOC(=O)C(C)NC1CCCCCC1C#N. The molecule has 0 aromatic carbocycles. The van der Waals surface area contributed by atoms with Crippen molar-refractivity contribution < 1.29 is 9.53 Å². The van der Waals surface area contributed by atoms with Gasteiger partial charge in [0.1, 0.15) is 6.04 Å². The van der Waals surface area contributed by atoms with Gasteiger partial charge < -0.3 is 10.1 Å². The number of nitrogens with zero attached hydrogens (tertiary/aromatic N) is 1. The lowest BCUT2D eigenvalue weighted by atomic mass is 9.95. The molecular weight excluding hydrogens is 216 g/mol. The first-order chi connectivity index (χ1) is 8.19. The second-order valence-corrected chi connectivity index (χ2v) is 4.62. The fourth-order valence-corrected chi connectivity index (χ4v) is 2.32. The van der Waals surface area contributed by atoms with Crippen LogP contribution in [0.2, 0.25) is 0 Å². The van der Waals surface area contributed by atoms with Gasteiger partial charge in [0.2, 0.25) is 0 Å². The molecule has 1 aliphatic carbocycles. The van der Waals surface area contributed by atoms with E-state index in [9.17, 15) is 4.79 Å². The third-order valence-electron chi connectivity index (χ3n) is 3.29. The minimum absolute atomic E-state index is 0.0226. The van der Waals surface area contributed by atoms with Crippen molar-refractivity contribution >= 4 is 5.97 Å². The Morgan fingerprint density at radius 3 is 2.82 bits per heavy atom. The normalized spacial score (nSPS) is 26.6. The summed E-state index contributed by atoms with van der Waals surface area (Å²) in [4.78, 5) is 11.5. The van der Waals surface area contributed by atoms with Gasteiger partial charge in [0, 0.05) is 6.04 Å². The number of carbonyl (C=O) groups excluding carboxylic acids is 1. The van der Waals surface area contributed by atoms with E-state index in [0.29, 0.717) is 6.61 Å². The highest BCUT2D eigenvalue weighted by Gasteiger charge is 2.26. The lowest BCUT2D eigenvalue weighted by molar-refractivity contribution is -0.145. The Morgan fingerprint density at radius 2 is 2.18 bits per heavy atom. The summed E-state index contributed by atoms with van der Waals surface area (Å²) >= 11 is 0. The number of hydrogen-bond acceptors (Lipinski definition) is 4. The van der Waals surface area contributed by atoms with Crippen molar-refractivity contribution in [3.63, 3.8) is 0 Å². The maximum Gasteiger partial charge on any atom is 0.322 e. The Bertz CT molecular complexity index is 286. The summed E-state index contributed by atoms with van der Waals surface area (Å²) in [6.45, 7) is 4.00. The lowest BCUT2D eigenvalue weighted by Gasteiger charge is -2.24. The first kappa shape index (κ1) is 14.0. The molecule has 1 fully saturated rings. The van der Waals surface area contributed by atoms with E-state index in [2.05, 4.69) is 11.4 Å². The predicted molar refractivity (Wildman–Crippen MR) is 65.2 cm³/mol. The van der Waals surface area contributed by atoms with Gasteiger partial charge in [-0.3, -0.25) is 4.79 Å². The molecule has 0 heterocycles. The molecule has 1 rings (SSSR count). The summed E-state index contributed by atoms with van der Waals surface area (Å²) in [5, 5.41) is 12.4. The average Bonchev–Trinajstić information content (AvgIpc) is 2.54. The minimum Gasteiger partial charge on any atom is -0.465 e. The van der Waals surface area contributed by atoms with Gasteiger partial charge in [-0.2, -0.15) is 5.26 Å². The molecule has 17 heavy (non-hydrogen) atoms. The zero-order valence-corrected chi connectivity index (χ0v) is 10.7. The molecule has 96 valence electrons. The van der Waals surface area contributed by atoms with Crippen molar-refractivity contribution in [3.8, 4) is 6.07 Å². The van der Waals surface area contributed by atoms with Crippen LogP contribution in [0.25, 0.3) is 0 Å². The minimum atomic E-state index is -0.325. The van der Waals surface area contributed by atoms with Crippen LogP contribution >= 0.6 is 0 Å². The molecule has 0 aliphatic heterocycles. The molecule has 3 atom stereocenters. The number of nitriles is 1. The molecule has 4 nitrogen and oxygen atoms in total. The molecule has 0 saturated heterocycles. The first-order valence-corrected chi connectivity index (χ1v) is 6.51. The van der Waals surface area contributed by atoms with Crippen molar-refractivity contribution in [1.82, 2.24) is 5.32 Å². The number of carbonyl (C=O) groups is 1. The highest BCUT2D eigenvalue weighted by atomic mass is 16.5. The summed E-state index contributed by atoms with van der Waals surface area (Å²) in [5.41, 5.74) is 0. The molecule has 0 bridgehead atoms. The van der Waals surface area contributed by atoms with E-state index < -0.39 is 0 Å². The van der Waals surface area contributed by atoms with Gasteiger partial charge in [0.25, 0.3) is 0 Å². The van der Waals surface area contributed by atoms with Gasteiger partial charge in [-0.05, 0) is 26.7 Å². The molecule has 0 aromatic rings. The largest absolute Gasteiger partial charge is 0.465 e. The van der Waals surface area contributed by atoms with Gasteiger partial charge >= 0.3 is 5.97 Å². The molecule has 0 amide bonds. The highest BCUT2D eigenvalue weighted by molar-refractivity contribution is 5.75. The summed E-state index contributed by atoms with van der Waals surface area (Å²) in [6.07, 6.45) is 5.34. The average molecular weight is 238 g/mol. The molecule has 1 N–H and O–H groups in total. The van der Waals surface area contributed by atoms with Crippen LogP contribution in [0.1, 0.15) is 46.0 Å². The maximum absolute atomic E-state index is 11.5. The lowest BCUT2D eigenvalue weighted by Crippen LogP contribution is -2.45. The monoisotopic (exact) mass is 238 g/mol. The van der Waals surface area contributed by atoms with Gasteiger partial charge in [0.05, 0.1) is 18.6 Å². The van der Waals surface area contributed by atoms with Crippen LogP contribution in [0.3, 0.4) is 0 Å². The van der Waals surface area contributed by atoms with E-state index in [-0.39, 0.29) is 24.0 Å². The number of hydrogen-bond donors (Lipinski definition) is 1. The number of rotatable bonds is 4. The van der Waals surface area contributed by atoms with E-state index in [1.165, 1.54) is 6.42 Å². The van der Waals surface area contributed by atoms with Crippen LogP contribution < -0.4 is 5.32 Å². The number of esters is 1. The molecule has 1 aliphatic rings. The number of nitrogens with one attached hydrogen (secondary N) is 1. The Morgan fingerprint density at radius 1 is 1.47 bits per heavy atom. The van der Waals surface area contributed by atoms with E-state index in [0.717, 1.165) is 25.7 Å². The van der Waals surface area contributed by atoms with Crippen molar-refractivity contribution in [2.24, 2.45) is 5.92 Å². The molecule has 0 radical (unpaired) electrons. The molecule has 3 unspecified atom stereocenters. The highest BCUT2D eigenvalue weighted by Crippen LogP contribution is 2.23. The van der Waals surface area contributed by atoms with E-state index in [1.807, 2.05) is 0 Å². The first-order valence-electron chi connectivity index (χ1n) is 6.51. The quantitative estimate of drug-likeness (QED) is 0.601. The van der Waals surface area contributed by atoms with Gasteiger partial charge in [0.15, 0.2) is 0 Å². The predicted octanol–water partition coefficient (Wildman–Crippen LogP) is 2.00. The smallest absolute Gasteiger partial charge is 0.322 e. The fourth-order valence-electron chi connectivity index (χ4n) is 2.32. The van der Waals surface area contributed by atoms with Crippen LogP contribution in [-0.4, -0.2) is 24.7 Å². The molecular formula is C13H22N2O2. The molecule has 1 saturated carbocycles. The van der Waals surface area contributed by atoms with Crippen molar-refractivity contribution in [2.45, 2.75) is 58.0 Å². The Hall–Kier alpha value is -1.08.